The Bertz CT molecular complexity index is 976. The van der Waals surface area contributed by atoms with Crippen molar-refractivity contribution in [3.8, 4) is 6.07 Å². The molecule has 3 aromatic heterocycles. The summed E-state index contributed by atoms with van der Waals surface area (Å²) in [5.41, 5.74) is 4.11. The van der Waals surface area contributed by atoms with Crippen molar-refractivity contribution in [1.82, 2.24) is 19.9 Å². The first-order valence-electron chi connectivity index (χ1n) is 8.94. The molecule has 0 unspecified atom stereocenters. The standard InChI is InChI=1S/C20H20N6S/c1-14-7-16(11-22-10-14)12-26-6-2-3-18(26)17-13-27-20(24-17)25-19-8-15(9-21)4-5-23-19/h4-5,7-8,10-11,13,18H,2-3,6,12H2,1H3,(H,23,24,25)/t18-/m1/s1. The van der Waals surface area contributed by atoms with Gasteiger partial charge in [0.25, 0.3) is 0 Å². The zero-order chi connectivity index (χ0) is 18.6. The largest absolute Gasteiger partial charge is 0.316 e. The van der Waals surface area contributed by atoms with E-state index in [0.717, 1.165) is 30.3 Å². The van der Waals surface area contributed by atoms with E-state index in [-0.39, 0.29) is 0 Å². The lowest BCUT2D eigenvalue weighted by molar-refractivity contribution is 0.245. The van der Waals surface area contributed by atoms with Gasteiger partial charge in [-0.15, -0.1) is 11.3 Å². The van der Waals surface area contributed by atoms with Crippen LogP contribution in [0.1, 0.15) is 41.3 Å². The van der Waals surface area contributed by atoms with Crippen molar-refractivity contribution < 1.29 is 0 Å². The van der Waals surface area contributed by atoms with Crippen LogP contribution in [0.3, 0.4) is 0 Å². The molecule has 0 bridgehead atoms. The highest BCUT2D eigenvalue weighted by molar-refractivity contribution is 7.13. The molecule has 0 spiro atoms. The molecule has 0 amide bonds. The van der Waals surface area contributed by atoms with Gasteiger partial charge in [-0.25, -0.2) is 9.97 Å². The molecule has 1 fully saturated rings. The van der Waals surface area contributed by atoms with Gasteiger partial charge in [-0.2, -0.15) is 5.26 Å². The third-order valence-corrected chi connectivity index (χ3v) is 5.44. The van der Waals surface area contributed by atoms with Crippen molar-refractivity contribution in [2.45, 2.75) is 32.4 Å². The van der Waals surface area contributed by atoms with E-state index in [0.29, 0.717) is 17.4 Å². The topological polar surface area (TPSA) is 77.7 Å². The first-order valence-corrected chi connectivity index (χ1v) is 9.82. The molecule has 1 saturated heterocycles. The molecular weight excluding hydrogens is 356 g/mol. The lowest BCUT2D eigenvalue weighted by Crippen LogP contribution is -2.23. The summed E-state index contributed by atoms with van der Waals surface area (Å²) in [5.74, 6) is 0.643. The number of likely N-dealkylation sites (tertiary alicyclic amines) is 1. The molecule has 136 valence electrons. The lowest BCUT2D eigenvalue weighted by Gasteiger charge is -2.23. The SMILES string of the molecule is Cc1cncc(CN2CCC[C@@H]2c2csc(Nc3cc(C#N)ccn3)n2)c1. The second kappa shape index (κ2) is 7.82. The number of rotatable bonds is 5. The number of nitrogens with one attached hydrogen (secondary N) is 1. The fourth-order valence-electron chi connectivity index (χ4n) is 3.46. The molecule has 4 heterocycles. The van der Waals surface area contributed by atoms with Gasteiger partial charge < -0.3 is 5.32 Å². The molecule has 1 aliphatic heterocycles. The molecule has 1 N–H and O–H groups in total. The van der Waals surface area contributed by atoms with E-state index in [4.69, 9.17) is 10.2 Å². The van der Waals surface area contributed by atoms with Gasteiger partial charge in [-0.3, -0.25) is 9.88 Å². The average Bonchev–Trinajstić information content (AvgIpc) is 3.31. The van der Waals surface area contributed by atoms with Crippen LogP contribution in [0.15, 0.2) is 42.2 Å². The van der Waals surface area contributed by atoms with Gasteiger partial charge in [0.2, 0.25) is 0 Å². The van der Waals surface area contributed by atoms with Gasteiger partial charge in [0.05, 0.1) is 23.4 Å². The fraction of sp³-hybridized carbons (Fsp3) is 0.300. The van der Waals surface area contributed by atoms with Crippen LogP contribution in [0.4, 0.5) is 10.9 Å². The van der Waals surface area contributed by atoms with Crippen molar-refractivity contribution in [3.05, 3.63) is 64.6 Å². The van der Waals surface area contributed by atoms with Crippen LogP contribution >= 0.6 is 11.3 Å². The second-order valence-electron chi connectivity index (χ2n) is 6.74. The zero-order valence-corrected chi connectivity index (χ0v) is 15.9. The highest BCUT2D eigenvalue weighted by Crippen LogP contribution is 2.35. The van der Waals surface area contributed by atoms with Crippen LogP contribution in [0.5, 0.6) is 0 Å². The molecule has 1 atom stereocenters. The van der Waals surface area contributed by atoms with Gasteiger partial charge in [0.15, 0.2) is 5.13 Å². The van der Waals surface area contributed by atoms with Gasteiger partial charge in [-0.05, 0) is 49.6 Å². The van der Waals surface area contributed by atoms with E-state index >= 15 is 0 Å². The Kier molecular flexibility index (Phi) is 5.10. The number of aromatic nitrogens is 3. The monoisotopic (exact) mass is 376 g/mol. The maximum Gasteiger partial charge on any atom is 0.188 e. The van der Waals surface area contributed by atoms with Crippen LogP contribution in [0.2, 0.25) is 0 Å². The van der Waals surface area contributed by atoms with Crippen molar-refractivity contribution in [3.63, 3.8) is 0 Å². The summed E-state index contributed by atoms with van der Waals surface area (Å²) < 4.78 is 0. The van der Waals surface area contributed by atoms with Crippen LogP contribution in [-0.2, 0) is 6.54 Å². The summed E-state index contributed by atoms with van der Waals surface area (Å²) in [4.78, 5) is 15.8. The van der Waals surface area contributed by atoms with E-state index in [1.165, 1.54) is 17.5 Å². The predicted molar refractivity (Wildman–Crippen MR) is 106 cm³/mol. The number of nitrogens with zero attached hydrogens (tertiary/aromatic N) is 5. The maximum atomic E-state index is 9.01. The van der Waals surface area contributed by atoms with Gasteiger partial charge in [0.1, 0.15) is 5.82 Å². The van der Waals surface area contributed by atoms with Crippen LogP contribution in [0, 0.1) is 18.3 Å². The number of aryl methyl sites for hydroxylation is 1. The molecule has 0 aliphatic carbocycles. The Labute approximate surface area is 162 Å². The number of pyridine rings is 2. The number of hydrogen-bond acceptors (Lipinski definition) is 7. The van der Waals surface area contributed by atoms with Crippen molar-refractivity contribution in [2.24, 2.45) is 0 Å². The van der Waals surface area contributed by atoms with E-state index in [2.05, 4.69) is 44.6 Å². The van der Waals surface area contributed by atoms with Crippen LogP contribution < -0.4 is 5.32 Å². The highest BCUT2D eigenvalue weighted by atomic mass is 32.1. The summed E-state index contributed by atoms with van der Waals surface area (Å²) >= 11 is 1.57. The normalized spacial score (nSPS) is 17.0. The second-order valence-corrected chi connectivity index (χ2v) is 7.60. The van der Waals surface area contributed by atoms with Crippen molar-refractivity contribution in [1.29, 1.82) is 5.26 Å². The average molecular weight is 376 g/mol. The summed E-state index contributed by atoms with van der Waals surface area (Å²) in [6.45, 7) is 4.04. The molecule has 1 aliphatic rings. The Morgan fingerprint density at radius 2 is 2.30 bits per heavy atom. The molecular formula is C20H20N6S. The first-order chi connectivity index (χ1) is 13.2. The molecule has 27 heavy (non-hydrogen) atoms. The molecule has 4 rings (SSSR count). The van der Waals surface area contributed by atoms with Crippen LogP contribution in [0.25, 0.3) is 0 Å². The van der Waals surface area contributed by atoms with Gasteiger partial charge in [0, 0.05) is 30.5 Å². The summed E-state index contributed by atoms with van der Waals surface area (Å²) in [6.07, 6.45) is 7.76. The number of anilines is 2. The molecule has 0 saturated carbocycles. The Morgan fingerprint density at radius 3 is 3.15 bits per heavy atom. The molecule has 0 radical (unpaired) electrons. The number of hydrogen-bond donors (Lipinski definition) is 1. The third-order valence-electron chi connectivity index (χ3n) is 4.67. The predicted octanol–water partition coefficient (Wildman–Crippen LogP) is 4.19. The maximum absolute atomic E-state index is 9.01. The summed E-state index contributed by atoms with van der Waals surface area (Å²) in [5, 5.41) is 15.1. The minimum atomic E-state index is 0.329. The number of nitriles is 1. The van der Waals surface area contributed by atoms with E-state index in [1.807, 2.05) is 12.4 Å². The smallest absolute Gasteiger partial charge is 0.188 e. The van der Waals surface area contributed by atoms with Gasteiger partial charge >= 0.3 is 0 Å². The third kappa shape index (κ3) is 4.13. The minimum absolute atomic E-state index is 0.329. The quantitative estimate of drug-likeness (QED) is 0.719. The summed E-state index contributed by atoms with van der Waals surface area (Å²) in [7, 11) is 0. The van der Waals surface area contributed by atoms with Crippen molar-refractivity contribution >= 4 is 22.3 Å². The molecule has 7 heteroatoms. The van der Waals surface area contributed by atoms with E-state index in [9.17, 15) is 0 Å². The van der Waals surface area contributed by atoms with E-state index < -0.39 is 0 Å². The Balaban J connectivity index is 1.47. The summed E-state index contributed by atoms with van der Waals surface area (Å²) in [6, 6.07) is 8.07. The molecule has 6 nitrogen and oxygen atoms in total. The Hall–Kier alpha value is -2.82. The fourth-order valence-corrected chi connectivity index (χ4v) is 4.23. The highest BCUT2D eigenvalue weighted by Gasteiger charge is 2.28. The number of thiazole rings is 1. The Morgan fingerprint density at radius 1 is 1.37 bits per heavy atom. The zero-order valence-electron chi connectivity index (χ0n) is 15.1. The van der Waals surface area contributed by atoms with Crippen LogP contribution in [-0.4, -0.2) is 26.4 Å². The van der Waals surface area contributed by atoms with Crippen molar-refractivity contribution in [2.75, 3.05) is 11.9 Å². The molecule has 0 aromatic carbocycles. The lowest BCUT2D eigenvalue weighted by atomic mass is 10.1. The molecule has 3 aromatic rings. The first kappa shape index (κ1) is 17.6. The van der Waals surface area contributed by atoms with Gasteiger partial charge in [-0.1, -0.05) is 6.07 Å². The minimum Gasteiger partial charge on any atom is -0.316 e. The van der Waals surface area contributed by atoms with E-state index in [1.54, 1.807) is 29.7 Å².